The van der Waals surface area contributed by atoms with Crippen molar-refractivity contribution in [1.82, 2.24) is 9.88 Å². The average Bonchev–Trinajstić information content (AvgIpc) is 2.72. The molecule has 1 aromatic heterocycles. The van der Waals surface area contributed by atoms with E-state index in [1.807, 2.05) is 20.8 Å². The summed E-state index contributed by atoms with van der Waals surface area (Å²) in [5, 5.41) is 11.1. The van der Waals surface area contributed by atoms with Crippen molar-refractivity contribution in [1.29, 1.82) is 0 Å². The van der Waals surface area contributed by atoms with Crippen molar-refractivity contribution in [3.63, 3.8) is 0 Å². The van der Waals surface area contributed by atoms with E-state index in [2.05, 4.69) is 4.98 Å². The number of piperidine rings is 1. The fraction of sp³-hybridized carbons (Fsp3) is 0.458. The molecule has 1 fully saturated rings. The minimum Gasteiger partial charge on any atom is -0.624 e. The molecule has 0 radical (unpaired) electrons. The summed E-state index contributed by atoms with van der Waals surface area (Å²) in [6.07, 6.45) is 3.76. The van der Waals surface area contributed by atoms with Crippen LogP contribution in [0.2, 0.25) is 0 Å². The first-order valence-corrected chi connectivity index (χ1v) is 10.8. The molecule has 33 heavy (non-hydrogen) atoms. The SMILES string of the molecule is C/[N+]([O-])=C/c1ccc(-c2ncc(OCC3CCN(C(=O)OC(C)(C)C)CC3)cc2F)c(F)c1. The predicted octanol–water partition coefficient (Wildman–Crippen LogP) is 4.61. The second-order valence-electron chi connectivity index (χ2n) is 9.14. The number of amides is 1. The number of benzene rings is 1. The summed E-state index contributed by atoms with van der Waals surface area (Å²) < 4.78 is 40.7. The molecule has 1 aromatic carbocycles. The Morgan fingerprint density at radius 3 is 2.52 bits per heavy atom. The van der Waals surface area contributed by atoms with E-state index in [9.17, 15) is 18.8 Å². The van der Waals surface area contributed by atoms with Crippen molar-refractivity contribution in [3.8, 4) is 17.0 Å². The van der Waals surface area contributed by atoms with Crippen LogP contribution in [0.5, 0.6) is 5.75 Å². The van der Waals surface area contributed by atoms with E-state index in [0.29, 0.717) is 30.0 Å². The monoisotopic (exact) mass is 461 g/mol. The van der Waals surface area contributed by atoms with Crippen LogP contribution in [0.3, 0.4) is 0 Å². The Balaban J connectivity index is 1.56. The second kappa shape index (κ2) is 10.1. The van der Waals surface area contributed by atoms with Crippen LogP contribution in [0, 0.1) is 22.8 Å². The van der Waals surface area contributed by atoms with Crippen molar-refractivity contribution in [2.45, 2.75) is 39.2 Å². The molecule has 0 unspecified atom stereocenters. The lowest BCUT2D eigenvalue weighted by molar-refractivity contribution is -0.416. The molecule has 2 aromatic rings. The number of pyridine rings is 1. The van der Waals surface area contributed by atoms with Gasteiger partial charge in [-0.25, -0.2) is 23.3 Å². The van der Waals surface area contributed by atoms with E-state index < -0.39 is 17.2 Å². The largest absolute Gasteiger partial charge is 0.624 e. The first-order valence-electron chi connectivity index (χ1n) is 10.8. The van der Waals surface area contributed by atoms with Gasteiger partial charge in [0.2, 0.25) is 0 Å². The number of carbonyl (C=O) groups excluding carboxylic acids is 1. The molecule has 0 aliphatic carbocycles. The van der Waals surface area contributed by atoms with Crippen LogP contribution < -0.4 is 4.74 Å². The molecule has 0 spiro atoms. The highest BCUT2D eigenvalue weighted by Gasteiger charge is 2.27. The predicted molar refractivity (Wildman–Crippen MR) is 120 cm³/mol. The van der Waals surface area contributed by atoms with Gasteiger partial charge in [-0.15, -0.1) is 0 Å². The van der Waals surface area contributed by atoms with E-state index >= 15 is 0 Å². The van der Waals surface area contributed by atoms with Gasteiger partial charge in [0.05, 0.1) is 12.8 Å². The lowest BCUT2D eigenvalue weighted by Crippen LogP contribution is -2.42. The maximum atomic E-state index is 14.6. The fourth-order valence-corrected chi connectivity index (χ4v) is 3.53. The van der Waals surface area contributed by atoms with E-state index in [1.54, 1.807) is 4.90 Å². The molecule has 1 aliphatic heterocycles. The molecule has 1 saturated heterocycles. The normalized spacial score (nSPS) is 15.5. The van der Waals surface area contributed by atoms with Gasteiger partial charge in [-0.1, -0.05) is 0 Å². The maximum Gasteiger partial charge on any atom is 0.410 e. The number of nitrogens with zero attached hydrogens (tertiary/aromatic N) is 3. The maximum absolute atomic E-state index is 14.6. The molecule has 0 N–H and O–H groups in total. The van der Waals surface area contributed by atoms with Gasteiger partial charge in [0.1, 0.15) is 29.9 Å². The lowest BCUT2D eigenvalue weighted by atomic mass is 9.98. The Bertz CT molecular complexity index is 1020. The Hall–Kier alpha value is -3.23. The molecule has 1 aliphatic rings. The van der Waals surface area contributed by atoms with Crippen molar-refractivity contribution >= 4 is 12.3 Å². The van der Waals surface area contributed by atoms with E-state index in [-0.39, 0.29) is 29.0 Å². The first kappa shape index (κ1) is 24.4. The molecule has 7 nitrogen and oxygen atoms in total. The van der Waals surface area contributed by atoms with Crippen molar-refractivity contribution in [2.75, 3.05) is 26.7 Å². The number of hydrogen-bond acceptors (Lipinski definition) is 5. The standard InChI is InChI=1S/C24H29F2N3O4/c1-24(2,3)33-23(30)29-9-7-16(8-10-29)15-32-18-12-21(26)22(27-13-18)19-6-5-17(11-20(19)25)14-28(4)31/h5-6,11-14,16H,7-10,15H2,1-4H3/b28-14-. The third kappa shape index (κ3) is 6.87. The number of likely N-dealkylation sites (tertiary alicyclic amines) is 1. The number of halogens is 2. The molecule has 3 rings (SSSR count). The fourth-order valence-electron chi connectivity index (χ4n) is 3.53. The minimum absolute atomic E-state index is 0.000679. The molecule has 178 valence electrons. The van der Waals surface area contributed by atoms with Crippen LogP contribution in [0.15, 0.2) is 30.5 Å². The van der Waals surface area contributed by atoms with Crippen LogP contribution in [0.1, 0.15) is 39.2 Å². The van der Waals surface area contributed by atoms with Gasteiger partial charge in [0.15, 0.2) is 12.0 Å². The van der Waals surface area contributed by atoms with Gasteiger partial charge in [-0.05, 0) is 57.7 Å². The summed E-state index contributed by atoms with van der Waals surface area (Å²) in [5.41, 5.74) is -0.296. The van der Waals surface area contributed by atoms with Crippen LogP contribution >= 0.6 is 0 Å². The van der Waals surface area contributed by atoms with Crippen LogP contribution in [0.25, 0.3) is 11.3 Å². The van der Waals surface area contributed by atoms with Gasteiger partial charge < -0.3 is 19.6 Å². The average molecular weight is 462 g/mol. The zero-order valence-corrected chi connectivity index (χ0v) is 19.3. The van der Waals surface area contributed by atoms with E-state index in [4.69, 9.17) is 9.47 Å². The Labute approximate surface area is 192 Å². The second-order valence-corrected chi connectivity index (χ2v) is 9.14. The Morgan fingerprint density at radius 2 is 1.94 bits per heavy atom. The number of ether oxygens (including phenoxy) is 2. The first-order chi connectivity index (χ1) is 15.5. The topological polar surface area (TPSA) is 77.7 Å². The van der Waals surface area contributed by atoms with Crippen LogP contribution in [-0.4, -0.2) is 59.3 Å². The summed E-state index contributed by atoms with van der Waals surface area (Å²) in [6, 6.07) is 5.24. The molecule has 0 saturated carbocycles. The van der Waals surface area contributed by atoms with Gasteiger partial charge in [-0.2, -0.15) is 0 Å². The zero-order valence-electron chi connectivity index (χ0n) is 19.3. The lowest BCUT2D eigenvalue weighted by Gasteiger charge is -2.33. The van der Waals surface area contributed by atoms with Crippen LogP contribution in [-0.2, 0) is 4.74 Å². The molecule has 0 bridgehead atoms. The molecule has 0 atom stereocenters. The van der Waals surface area contributed by atoms with Crippen molar-refractivity contribution < 1.29 is 27.8 Å². The zero-order chi connectivity index (χ0) is 24.2. The molecular weight excluding hydrogens is 432 g/mol. The Kier molecular flexibility index (Phi) is 7.50. The number of carbonyl (C=O) groups is 1. The smallest absolute Gasteiger partial charge is 0.410 e. The highest BCUT2D eigenvalue weighted by molar-refractivity contribution is 5.77. The summed E-state index contributed by atoms with van der Waals surface area (Å²) >= 11 is 0. The summed E-state index contributed by atoms with van der Waals surface area (Å²) in [5.74, 6) is -0.915. The molecule has 1 amide bonds. The summed E-state index contributed by atoms with van der Waals surface area (Å²) in [4.78, 5) is 17.9. The van der Waals surface area contributed by atoms with Gasteiger partial charge in [0, 0.05) is 30.3 Å². The van der Waals surface area contributed by atoms with Crippen molar-refractivity contribution in [3.05, 3.63) is 52.9 Å². The number of rotatable bonds is 5. The summed E-state index contributed by atoms with van der Waals surface area (Å²) in [7, 11) is 1.29. The van der Waals surface area contributed by atoms with Crippen molar-refractivity contribution in [2.24, 2.45) is 5.92 Å². The van der Waals surface area contributed by atoms with E-state index in [1.165, 1.54) is 37.7 Å². The Morgan fingerprint density at radius 1 is 1.24 bits per heavy atom. The molecule has 2 heterocycles. The van der Waals surface area contributed by atoms with Crippen LogP contribution in [0.4, 0.5) is 13.6 Å². The van der Waals surface area contributed by atoms with Gasteiger partial charge >= 0.3 is 6.09 Å². The number of hydroxylamine groups is 1. The minimum atomic E-state index is -0.705. The number of aromatic nitrogens is 1. The molecular formula is C24H29F2N3O4. The quantitative estimate of drug-likeness (QED) is 0.281. The summed E-state index contributed by atoms with van der Waals surface area (Å²) in [6.45, 7) is 7.01. The van der Waals surface area contributed by atoms with Gasteiger partial charge in [-0.3, -0.25) is 0 Å². The third-order valence-electron chi connectivity index (χ3n) is 5.15. The molecule has 9 heteroatoms. The highest BCUT2D eigenvalue weighted by atomic mass is 19.1. The van der Waals surface area contributed by atoms with E-state index in [0.717, 1.165) is 18.9 Å². The van der Waals surface area contributed by atoms with Gasteiger partial charge in [0.25, 0.3) is 0 Å². The number of hydrogen-bond donors (Lipinski definition) is 0. The highest BCUT2D eigenvalue weighted by Crippen LogP contribution is 2.27. The third-order valence-corrected chi connectivity index (χ3v) is 5.15.